The molecule has 1 heterocycles. The van der Waals surface area contributed by atoms with E-state index < -0.39 is 10.0 Å². The van der Waals surface area contributed by atoms with Crippen LogP contribution in [0.3, 0.4) is 0 Å². The van der Waals surface area contributed by atoms with Crippen LogP contribution in [-0.2, 0) is 10.0 Å². The van der Waals surface area contributed by atoms with E-state index in [1.807, 2.05) is 0 Å². The molecule has 0 saturated heterocycles. The van der Waals surface area contributed by atoms with Gasteiger partial charge in [0.15, 0.2) is 0 Å². The molecule has 0 aliphatic rings. The summed E-state index contributed by atoms with van der Waals surface area (Å²) in [7, 11) is -3.67. The average Bonchev–Trinajstić information content (AvgIpc) is 2.37. The number of nitrogens with two attached hydrogens (primary N) is 1. The predicted molar refractivity (Wildman–Crippen MR) is 72.6 cm³/mol. The van der Waals surface area contributed by atoms with E-state index in [0.29, 0.717) is 5.69 Å². The van der Waals surface area contributed by atoms with Gasteiger partial charge in [-0.3, -0.25) is 4.98 Å². The zero-order valence-electron chi connectivity index (χ0n) is 9.89. The van der Waals surface area contributed by atoms with Gasteiger partial charge in [0.2, 0.25) is 10.0 Å². The highest BCUT2D eigenvalue weighted by molar-refractivity contribution is 7.89. The zero-order valence-corrected chi connectivity index (χ0v) is 10.7. The lowest BCUT2D eigenvalue weighted by Crippen LogP contribution is -2.11. The lowest BCUT2D eigenvalue weighted by Gasteiger charge is -1.99. The van der Waals surface area contributed by atoms with Crippen LogP contribution < -0.4 is 5.14 Å². The molecule has 6 heteroatoms. The fraction of sp³-hybridized carbons (Fsp3) is 0. The van der Waals surface area contributed by atoms with Gasteiger partial charge in [0.05, 0.1) is 4.90 Å². The van der Waals surface area contributed by atoms with E-state index in [9.17, 15) is 13.5 Å². The summed E-state index contributed by atoms with van der Waals surface area (Å²) in [6.45, 7) is 0. The largest absolute Gasteiger partial charge is 0.506 e. The minimum absolute atomic E-state index is 0.0605. The summed E-state index contributed by atoms with van der Waals surface area (Å²) in [5, 5.41) is 14.5. The molecule has 0 radical (unpaired) electrons. The zero-order chi connectivity index (χ0) is 13.9. The van der Waals surface area contributed by atoms with Crippen molar-refractivity contribution in [3.8, 4) is 5.75 Å². The highest BCUT2D eigenvalue weighted by Crippen LogP contribution is 2.16. The molecule has 3 N–H and O–H groups in total. The van der Waals surface area contributed by atoms with Crippen molar-refractivity contribution in [2.75, 3.05) is 0 Å². The van der Waals surface area contributed by atoms with E-state index in [4.69, 9.17) is 5.14 Å². The molecule has 5 nitrogen and oxygen atoms in total. The van der Waals surface area contributed by atoms with Crippen LogP contribution in [0.5, 0.6) is 5.75 Å². The predicted octanol–water partition coefficient (Wildman–Crippen LogP) is 1.61. The SMILES string of the molecule is NS(=O)(=O)c1ccc(/C=C/c2ncccc2O)cc1. The van der Waals surface area contributed by atoms with Gasteiger partial charge in [-0.1, -0.05) is 18.2 Å². The molecule has 0 amide bonds. The number of pyridine rings is 1. The third-order valence-corrected chi connectivity index (χ3v) is 3.39. The minimum atomic E-state index is -3.67. The molecule has 0 aliphatic carbocycles. The van der Waals surface area contributed by atoms with Crippen LogP contribution in [0, 0.1) is 0 Å². The lowest BCUT2D eigenvalue weighted by molar-refractivity contribution is 0.471. The smallest absolute Gasteiger partial charge is 0.238 e. The first-order valence-corrected chi connectivity index (χ1v) is 6.96. The molecule has 98 valence electrons. The second kappa shape index (κ2) is 5.21. The molecular weight excluding hydrogens is 264 g/mol. The van der Waals surface area contributed by atoms with Crippen LogP contribution in [0.2, 0.25) is 0 Å². The first kappa shape index (κ1) is 13.3. The summed E-state index contributed by atoms with van der Waals surface area (Å²) in [5.74, 6) is 0.0832. The Morgan fingerprint density at radius 2 is 1.79 bits per heavy atom. The fourth-order valence-electron chi connectivity index (χ4n) is 1.48. The van der Waals surface area contributed by atoms with E-state index in [2.05, 4.69) is 4.98 Å². The molecule has 0 spiro atoms. The van der Waals surface area contributed by atoms with Crippen LogP contribution in [-0.4, -0.2) is 18.5 Å². The summed E-state index contributed by atoms with van der Waals surface area (Å²) < 4.78 is 22.2. The van der Waals surface area contributed by atoms with Crippen molar-refractivity contribution in [3.05, 3.63) is 53.9 Å². The van der Waals surface area contributed by atoms with Gasteiger partial charge in [-0.15, -0.1) is 0 Å². The summed E-state index contributed by atoms with van der Waals surface area (Å²) in [6.07, 6.45) is 4.93. The summed E-state index contributed by atoms with van der Waals surface area (Å²) in [4.78, 5) is 4.06. The van der Waals surface area contributed by atoms with Gasteiger partial charge in [0.25, 0.3) is 0 Å². The van der Waals surface area contributed by atoms with Gasteiger partial charge in [0, 0.05) is 6.20 Å². The molecule has 0 atom stereocenters. The molecule has 2 rings (SSSR count). The quantitative estimate of drug-likeness (QED) is 0.890. The average molecular weight is 276 g/mol. The number of benzene rings is 1. The van der Waals surface area contributed by atoms with Gasteiger partial charge < -0.3 is 5.11 Å². The lowest BCUT2D eigenvalue weighted by atomic mass is 10.2. The third-order valence-electron chi connectivity index (χ3n) is 2.46. The van der Waals surface area contributed by atoms with Crippen molar-refractivity contribution in [1.82, 2.24) is 4.98 Å². The molecule has 1 aromatic carbocycles. The van der Waals surface area contributed by atoms with Crippen molar-refractivity contribution in [2.24, 2.45) is 5.14 Å². The van der Waals surface area contributed by atoms with Crippen LogP contribution in [0.15, 0.2) is 47.5 Å². The van der Waals surface area contributed by atoms with Crippen LogP contribution in [0.1, 0.15) is 11.3 Å². The number of hydrogen-bond donors (Lipinski definition) is 2. The minimum Gasteiger partial charge on any atom is -0.506 e. The number of sulfonamides is 1. The van der Waals surface area contributed by atoms with Crippen LogP contribution in [0.4, 0.5) is 0 Å². The molecule has 1 aromatic heterocycles. The maximum atomic E-state index is 11.1. The van der Waals surface area contributed by atoms with E-state index in [-0.39, 0.29) is 10.6 Å². The Labute approximate surface area is 111 Å². The van der Waals surface area contributed by atoms with E-state index in [1.165, 1.54) is 18.2 Å². The van der Waals surface area contributed by atoms with Crippen LogP contribution >= 0.6 is 0 Å². The van der Waals surface area contributed by atoms with Crippen LogP contribution in [0.25, 0.3) is 12.2 Å². The Hall–Kier alpha value is -2.18. The summed E-state index contributed by atoms with van der Waals surface area (Å²) in [5.41, 5.74) is 1.22. The Morgan fingerprint density at radius 3 is 2.37 bits per heavy atom. The van der Waals surface area contributed by atoms with Gasteiger partial charge in [-0.2, -0.15) is 0 Å². The van der Waals surface area contributed by atoms with Crippen molar-refractivity contribution in [1.29, 1.82) is 0 Å². The van der Waals surface area contributed by atoms with Gasteiger partial charge >= 0.3 is 0 Å². The fourth-order valence-corrected chi connectivity index (χ4v) is 2.00. The number of primary sulfonamides is 1. The standard InChI is InChI=1S/C13H12N2O3S/c14-19(17,18)11-6-3-10(4-7-11)5-8-12-13(16)2-1-9-15-12/h1-9,16H,(H2,14,17,18)/b8-5+. The van der Waals surface area contributed by atoms with Crippen molar-refractivity contribution in [3.63, 3.8) is 0 Å². The number of hydrogen-bond acceptors (Lipinski definition) is 4. The molecule has 2 aromatic rings. The Balaban J connectivity index is 2.23. The molecular formula is C13H12N2O3S. The Kier molecular flexibility index (Phi) is 3.64. The second-order valence-corrected chi connectivity index (χ2v) is 5.42. The van der Waals surface area contributed by atoms with E-state index in [0.717, 1.165) is 5.56 Å². The topological polar surface area (TPSA) is 93.3 Å². The molecule has 0 aliphatic heterocycles. The van der Waals surface area contributed by atoms with E-state index in [1.54, 1.807) is 36.5 Å². The van der Waals surface area contributed by atoms with Gasteiger partial charge in [0.1, 0.15) is 11.4 Å². The Bertz CT molecular complexity index is 707. The number of nitrogens with zero attached hydrogens (tertiary/aromatic N) is 1. The number of aromatic hydroxyl groups is 1. The normalized spacial score (nSPS) is 11.8. The summed E-state index contributed by atoms with van der Waals surface area (Å²) >= 11 is 0. The van der Waals surface area contributed by atoms with Crippen molar-refractivity contribution in [2.45, 2.75) is 4.90 Å². The first-order chi connectivity index (χ1) is 8.97. The molecule has 0 fully saturated rings. The monoisotopic (exact) mass is 276 g/mol. The number of aromatic nitrogens is 1. The first-order valence-electron chi connectivity index (χ1n) is 5.42. The van der Waals surface area contributed by atoms with E-state index >= 15 is 0 Å². The van der Waals surface area contributed by atoms with Gasteiger partial charge in [-0.25, -0.2) is 13.6 Å². The Morgan fingerprint density at radius 1 is 1.11 bits per heavy atom. The summed E-state index contributed by atoms with van der Waals surface area (Å²) in [6, 6.07) is 9.26. The molecule has 0 unspecified atom stereocenters. The second-order valence-electron chi connectivity index (χ2n) is 3.86. The maximum Gasteiger partial charge on any atom is 0.238 e. The molecule has 19 heavy (non-hydrogen) atoms. The number of rotatable bonds is 3. The third kappa shape index (κ3) is 3.40. The highest BCUT2D eigenvalue weighted by Gasteiger charge is 2.05. The van der Waals surface area contributed by atoms with Crippen molar-refractivity contribution >= 4 is 22.2 Å². The molecule has 0 saturated carbocycles. The molecule has 0 bridgehead atoms. The highest BCUT2D eigenvalue weighted by atomic mass is 32.2. The van der Waals surface area contributed by atoms with Crippen molar-refractivity contribution < 1.29 is 13.5 Å². The van der Waals surface area contributed by atoms with Gasteiger partial charge in [-0.05, 0) is 35.9 Å². The maximum absolute atomic E-state index is 11.1.